The number of hydrogen-bond acceptors (Lipinski definition) is 12. The molecule has 0 radical (unpaired) electrons. The van der Waals surface area contributed by atoms with Crippen molar-refractivity contribution in [3.63, 3.8) is 0 Å². The predicted octanol–water partition coefficient (Wildman–Crippen LogP) is 13.9. The van der Waals surface area contributed by atoms with Crippen molar-refractivity contribution in [3.8, 4) is 86.0 Å². The number of allylic oxidation sites excluding steroid dienone is 4. The first-order valence-electron chi connectivity index (χ1n) is 20.4. The summed E-state index contributed by atoms with van der Waals surface area (Å²) in [5.41, 5.74) is 8.69. The zero-order chi connectivity index (χ0) is 43.0. The summed E-state index contributed by atoms with van der Waals surface area (Å²) in [4.78, 5) is 38.3. The first-order valence-corrected chi connectivity index (χ1v) is 23.6. The van der Waals surface area contributed by atoms with Gasteiger partial charge < -0.3 is 0 Å². The summed E-state index contributed by atoms with van der Waals surface area (Å²) in [7, 11) is 0. The van der Waals surface area contributed by atoms with Gasteiger partial charge in [-0.05, 0) is 83.6 Å². The monoisotopic (exact) mass is 894 g/mol. The number of benzene rings is 3. The van der Waals surface area contributed by atoms with Gasteiger partial charge >= 0.3 is 0 Å². The van der Waals surface area contributed by atoms with Crippen LogP contribution < -0.4 is 0 Å². The fraction of sp³-hybridized carbons (Fsp3) is 0.0385. The molecule has 64 heavy (non-hydrogen) atoms. The van der Waals surface area contributed by atoms with E-state index in [-0.39, 0.29) is 11.4 Å². The molecule has 6 heterocycles. The van der Waals surface area contributed by atoms with E-state index in [0.717, 1.165) is 68.5 Å². The zero-order valence-corrected chi connectivity index (χ0v) is 36.9. The molecule has 0 saturated carbocycles. The van der Waals surface area contributed by atoms with Gasteiger partial charge in [-0.2, -0.15) is 20.5 Å². The second-order valence-corrected chi connectivity index (χ2v) is 19.1. The number of aliphatic imine (C=N–C) groups is 2. The molecule has 0 saturated heterocycles. The number of fused-ring (bicyclic) bond motifs is 2. The Balaban J connectivity index is 1.14. The van der Waals surface area contributed by atoms with Gasteiger partial charge in [-0.1, -0.05) is 109 Å². The van der Waals surface area contributed by atoms with Crippen LogP contribution in [-0.4, -0.2) is 31.4 Å². The molecule has 8 nitrogen and oxygen atoms in total. The van der Waals surface area contributed by atoms with Crippen molar-refractivity contribution in [2.75, 3.05) is 0 Å². The van der Waals surface area contributed by atoms with E-state index in [1.165, 1.54) is 5.57 Å². The second kappa shape index (κ2) is 16.9. The largest absolute Gasteiger partial charge is 0.240 e. The van der Waals surface area contributed by atoms with Crippen LogP contribution >= 0.6 is 45.3 Å². The van der Waals surface area contributed by atoms with Crippen molar-refractivity contribution in [1.29, 1.82) is 10.5 Å². The fourth-order valence-corrected chi connectivity index (χ4v) is 11.9. The van der Waals surface area contributed by atoms with Gasteiger partial charge in [-0.25, -0.2) is 19.9 Å². The molecule has 9 aromatic rings. The molecule has 11 rings (SSSR count). The highest BCUT2D eigenvalue weighted by molar-refractivity contribution is 7.20. The van der Waals surface area contributed by atoms with Gasteiger partial charge in [-0.3, -0.25) is 0 Å². The Morgan fingerprint density at radius 1 is 0.391 bits per heavy atom. The molecular formula is C52H30N8S4. The van der Waals surface area contributed by atoms with Crippen LogP contribution in [0.5, 0.6) is 0 Å². The number of hydrogen-bond donors (Lipinski definition) is 0. The molecule has 12 heteroatoms. The topological polar surface area (TPSA) is 124 Å². The molecule has 0 N–H and O–H groups in total. The number of nitrogens with zero attached hydrogens (tertiary/aromatic N) is 8. The molecule has 0 aliphatic heterocycles. The van der Waals surface area contributed by atoms with Crippen molar-refractivity contribution < 1.29 is 0 Å². The average Bonchev–Trinajstić information content (AvgIpc) is 4.21. The van der Waals surface area contributed by atoms with E-state index in [4.69, 9.17) is 19.9 Å². The highest BCUT2D eigenvalue weighted by Gasteiger charge is 2.37. The quantitative estimate of drug-likeness (QED) is 0.140. The van der Waals surface area contributed by atoms with Crippen molar-refractivity contribution in [3.05, 3.63) is 185 Å². The minimum Gasteiger partial charge on any atom is -0.240 e. The maximum atomic E-state index is 10.4. The van der Waals surface area contributed by atoms with E-state index in [1.807, 2.05) is 67.0 Å². The normalized spacial score (nSPS) is 14.2. The standard InChI is InChI=1S/C52H30N8S4/c53-29-55-47-49-50(58-44(40-26-22-36(62-40)32-15-7-2-8-16-32)43(57-49)39-25-21-35(61-39)31-13-5-1-6-14-31)48(56-30-54)52-51(47)59-45(41-27-23-37(63-41)33-17-9-3-10-18-33)46(60-52)42-28-24-38(64-42)34-19-11-4-12-20-34/h1-11,13-19,21-28H,12,20H2. The molecule has 6 aromatic heterocycles. The van der Waals surface area contributed by atoms with Gasteiger partial charge in [0.25, 0.3) is 0 Å². The smallest absolute Gasteiger partial charge is 0.206 e. The van der Waals surface area contributed by atoms with Crippen LogP contribution in [-0.2, 0) is 0 Å². The lowest BCUT2D eigenvalue weighted by molar-refractivity contribution is 1.06. The van der Waals surface area contributed by atoms with Crippen LogP contribution in [0.4, 0.5) is 0 Å². The lowest BCUT2D eigenvalue weighted by Gasteiger charge is -2.22. The molecule has 3 aromatic carbocycles. The maximum absolute atomic E-state index is 10.4. The van der Waals surface area contributed by atoms with Gasteiger partial charge in [0.15, 0.2) is 0 Å². The van der Waals surface area contributed by atoms with Crippen molar-refractivity contribution in [1.82, 2.24) is 19.9 Å². The van der Waals surface area contributed by atoms with Crippen LogP contribution in [0.25, 0.3) is 79.2 Å². The predicted molar refractivity (Wildman–Crippen MR) is 262 cm³/mol. The molecule has 0 unspecified atom stereocenters. The summed E-state index contributed by atoms with van der Waals surface area (Å²) < 4.78 is 0. The molecule has 2 aliphatic rings. The van der Waals surface area contributed by atoms with Crippen LogP contribution in [0.1, 0.15) is 40.5 Å². The lowest BCUT2D eigenvalue weighted by atomic mass is 9.94. The average molecular weight is 895 g/mol. The Morgan fingerprint density at radius 3 is 1.05 bits per heavy atom. The van der Waals surface area contributed by atoms with Crippen LogP contribution in [0.2, 0.25) is 0 Å². The number of rotatable bonds is 8. The van der Waals surface area contributed by atoms with Crippen LogP contribution in [0, 0.1) is 22.9 Å². The summed E-state index contributed by atoms with van der Waals surface area (Å²) in [5.74, 6) is 0. The fourth-order valence-electron chi connectivity index (χ4n) is 7.87. The van der Waals surface area contributed by atoms with E-state index < -0.39 is 0 Å². The first kappa shape index (κ1) is 39.3. The Labute approximate surface area is 384 Å². The SMILES string of the molecule is N#CN=C1c2nc(-c3ccc(C4=CC=CCC4)s3)c(-c3ccc(-c4ccccc4)s3)nc2C(=NC#N)c2nc(-c3ccc(-c4ccccc4)s3)c(-c3ccc(-c4ccccc4)s3)nc21. The van der Waals surface area contributed by atoms with Crippen LogP contribution in [0.3, 0.4) is 0 Å². The van der Waals surface area contributed by atoms with Crippen molar-refractivity contribution >= 4 is 62.3 Å². The third-order valence-corrected chi connectivity index (χ3v) is 15.5. The minimum absolute atomic E-state index is 0.215. The van der Waals surface area contributed by atoms with E-state index in [9.17, 15) is 10.5 Å². The zero-order valence-electron chi connectivity index (χ0n) is 33.6. The maximum Gasteiger partial charge on any atom is 0.206 e. The minimum atomic E-state index is 0.215. The summed E-state index contributed by atoms with van der Waals surface area (Å²) in [5, 5.41) is 20.7. The Morgan fingerprint density at radius 2 is 0.719 bits per heavy atom. The highest BCUT2D eigenvalue weighted by Crippen LogP contribution is 2.45. The number of aromatic nitrogens is 4. The Kier molecular flexibility index (Phi) is 10.4. The van der Waals surface area contributed by atoms with Gasteiger partial charge in [0.05, 0.1) is 19.5 Å². The molecule has 0 fully saturated rings. The molecule has 0 amide bonds. The third-order valence-electron chi connectivity index (χ3n) is 10.9. The lowest BCUT2D eigenvalue weighted by Crippen LogP contribution is -2.28. The van der Waals surface area contributed by atoms with Gasteiger partial charge in [0.2, 0.25) is 12.4 Å². The van der Waals surface area contributed by atoms with Gasteiger partial charge in [-0.15, -0.1) is 45.3 Å². The molecule has 2 aliphatic carbocycles. The number of nitriles is 2. The highest BCUT2D eigenvalue weighted by atomic mass is 32.1. The van der Waals surface area contributed by atoms with Crippen molar-refractivity contribution in [2.24, 2.45) is 9.98 Å². The molecule has 0 spiro atoms. The summed E-state index contributed by atoms with van der Waals surface area (Å²) in [6.45, 7) is 0. The molecule has 302 valence electrons. The molecular weight excluding hydrogens is 865 g/mol. The Hall–Kier alpha value is -7.58. The number of thiophene rings is 4. The van der Waals surface area contributed by atoms with Crippen LogP contribution in [0.15, 0.2) is 168 Å². The summed E-state index contributed by atoms with van der Waals surface area (Å²) in [6, 6.07) is 47.4. The first-order chi connectivity index (χ1) is 31.6. The Bertz CT molecular complexity index is 3470. The van der Waals surface area contributed by atoms with E-state index in [1.54, 1.807) is 45.3 Å². The summed E-state index contributed by atoms with van der Waals surface area (Å²) in [6.07, 6.45) is 12.5. The van der Waals surface area contributed by atoms with Gasteiger partial charge in [0, 0.05) is 19.5 Å². The van der Waals surface area contributed by atoms with E-state index in [0.29, 0.717) is 45.6 Å². The third kappa shape index (κ3) is 7.24. The molecule has 0 atom stereocenters. The van der Waals surface area contributed by atoms with Crippen molar-refractivity contribution in [2.45, 2.75) is 12.8 Å². The van der Waals surface area contributed by atoms with E-state index >= 15 is 0 Å². The second-order valence-electron chi connectivity index (χ2n) is 14.8. The van der Waals surface area contributed by atoms with E-state index in [2.05, 4.69) is 113 Å². The molecule has 0 bridgehead atoms. The van der Waals surface area contributed by atoms with Gasteiger partial charge in [0.1, 0.15) is 57.0 Å². The summed E-state index contributed by atoms with van der Waals surface area (Å²) >= 11 is 6.48.